The summed E-state index contributed by atoms with van der Waals surface area (Å²) in [6.07, 6.45) is 8.34. The van der Waals surface area contributed by atoms with Gasteiger partial charge in [-0.1, -0.05) is 0 Å². The van der Waals surface area contributed by atoms with Crippen molar-refractivity contribution < 1.29 is 45.2 Å². The van der Waals surface area contributed by atoms with Gasteiger partial charge >= 0.3 is 148 Å². The Hall–Kier alpha value is -0.400. The van der Waals surface area contributed by atoms with E-state index < -0.39 is 20.4 Å². The predicted molar refractivity (Wildman–Crippen MR) is 97.8 cm³/mol. The van der Waals surface area contributed by atoms with Gasteiger partial charge in [0.05, 0.1) is 0 Å². The molecule has 0 N–H and O–H groups in total. The van der Waals surface area contributed by atoms with E-state index in [1.54, 1.807) is 16.7 Å². The molecule has 2 aromatic carbocycles. The Balaban J connectivity index is 0.00000113. The zero-order valence-corrected chi connectivity index (χ0v) is 19.8. The molecular formula is C21H22Cl2SiZr. The van der Waals surface area contributed by atoms with E-state index >= 15 is 0 Å². The van der Waals surface area contributed by atoms with Crippen molar-refractivity contribution in [3.05, 3.63) is 80.7 Å². The fourth-order valence-corrected chi connectivity index (χ4v) is 22.5. The van der Waals surface area contributed by atoms with Crippen molar-refractivity contribution in [2.24, 2.45) is 0 Å². The van der Waals surface area contributed by atoms with Gasteiger partial charge < -0.3 is 24.8 Å². The summed E-state index contributed by atoms with van der Waals surface area (Å²) in [4.78, 5) is 0. The van der Waals surface area contributed by atoms with Gasteiger partial charge in [-0.05, 0) is 0 Å². The molecule has 4 heteroatoms. The van der Waals surface area contributed by atoms with E-state index in [1.165, 1.54) is 17.5 Å². The smallest absolute Gasteiger partial charge is 1.00 e. The van der Waals surface area contributed by atoms with E-state index in [9.17, 15) is 0 Å². The largest absolute Gasteiger partial charge is 1.00 e. The molecule has 0 radical (unpaired) electrons. The molecule has 0 aromatic heterocycles. The average Bonchev–Trinajstić information content (AvgIpc) is 3.16. The topological polar surface area (TPSA) is 0 Å². The first-order chi connectivity index (χ1) is 11.2. The molecule has 1 unspecified atom stereocenters. The van der Waals surface area contributed by atoms with Crippen LogP contribution in [0.15, 0.2) is 64.0 Å². The summed E-state index contributed by atoms with van der Waals surface area (Å²) < 4.78 is 2.57. The van der Waals surface area contributed by atoms with Gasteiger partial charge in [0.2, 0.25) is 0 Å². The van der Waals surface area contributed by atoms with Gasteiger partial charge in [-0.2, -0.15) is 0 Å². The summed E-state index contributed by atoms with van der Waals surface area (Å²) in [5, 5.41) is 0. The minimum atomic E-state index is -1.71. The van der Waals surface area contributed by atoms with Crippen LogP contribution in [0, 0.1) is 6.92 Å². The number of halogens is 2. The Bertz CT molecular complexity index is 893. The maximum atomic E-state index is 2.56. The molecule has 25 heavy (non-hydrogen) atoms. The van der Waals surface area contributed by atoms with Crippen LogP contribution in [-0.2, 0) is 20.4 Å². The van der Waals surface area contributed by atoms with Crippen molar-refractivity contribution in [2.75, 3.05) is 0 Å². The molecule has 4 rings (SSSR count). The van der Waals surface area contributed by atoms with Crippen molar-refractivity contribution in [3.63, 3.8) is 0 Å². The van der Waals surface area contributed by atoms with E-state index in [0.717, 1.165) is 3.63 Å². The van der Waals surface area contributed by atoms with E-state index in [0.29, 0.717) is 0 Å². The average molecular weight is 465 g/mol. The van der Waals surface area contributed by atoms with Crippen LogP contribution in [0.1, 0.15) is 26.7 Å². The molecule has 128 valence electrons. The molecule has 2 aliphatic carbocycles. The number of fused-ring (bicyclic) bond motifs is 3. The number of hydrogen-bond donors (Lipinski definition) is 0. The minimum Gasteiger partial charge on any atom is -1.00 e. The van der Waals surface area contributed by atoms with Crippen molar-refractivity contribution in [2.45, 2.75) is 30.1 Å². The molecule has 0 nitrogen and oxygen atoms in total. The predicted octanol–water partition coefficient (Wildman–Crippen LogP) is -0.214. The third-order valence-corrected chi connectivity index (χ3v) is 23.3. The summed E-state index contributed by atoms with van der Waals surface area (Å²) in [6, 6.07) is 16.2. The van der Waals surface area contributed by atoms with Crippen LogP contribution >= 0.6 is 0 Å². The van der Waals surface area contributed by atoms with Gasteiger partial charge in [0.15, 0.2) is 0 Å². The first kappa shape index (κ1) is 20.9. The van der Waals surface area contributed by atoms with Gasteiger partial charge in [0, 0.05) is 0 Å². The standard InChI is InChI=1S/C14H11.C5H5.C2H6Si.2ClH.Zr/c1-10-5-4-7-12-9-11-6-2-3-8-13(11)14(10)12;1-2-4-5-3-1;1-3-2;;;/h2-9H,1H3;1-3H,4H2;1-2H3;2*1H;/q;;;;;+2/p-2. The Morgan fingerprint density at radius 2 is 1.68 bits per heavy atom. The maximum Gasteiger partial charge on any atom is -1.00 e. The Labute approximate surface area is 171 Å². The summed E-state index contributed by atoms with van der Waals surface area (Å²) in [7, 11) is 0. The van der Waals surface area contributed by atoms with Crippen molar-refractivity contribution >= 4 is 5.43 Å². The van der Waals surface area contributed by atoms with Crippen LogP contribution in [0.2, 0.25) is 13.1 Å². The third-order valence-electron chi connectivity index (χ3n) is 5.10. The van der Waals surface area contributed by atoms with Gasteiger partial charge in [0.25, 0.3) is 0 Å². The van der Waals surface area contributed by atoms with Crippen LogP contribution in [-0.4, -0.2) is 5.43 Å². The summed E-state index contributed by atoms with van der Waals surface area (Å²) in [6.45, 7) is 7.41. The van der Waals surface area contributed by atoms with E-state index in [4.69, 9.17) is 0 Å². The van der Waals surface area contributed by atoms with Crippen molar-refractivity contribution in [1.29, 1.82) is 0 Å². The Kier molecular flexibility index (Phi) is 7.13. The molecule has 0 saturated heterocycles. The molecule has 0 bridgehead atoms. The van der Waals surface area contributed by atoms with Gasteiger partial charge in [-0.25, -0.2) is 0 Å². The molecule has 0 saturated carbocycles. The van der Waals surface area contributed by atoms with Gasteiger partial charge in [-0.3, -0.25) is 0 Å². The SMILES string of the molecule is Cc1cccc2c1-c1ccccc1[CH]2[Zr+2]([C]1=CC=CC1)=[Si](C)C.[Cl-].[Cl-]. The number of hydrogen-bond acceptors (Lipinski definition) is 0. The molecule has 0 aliphatic heterocycles. The molecular weight excluding hydrogens is 442 g/mol. The zero-order valence-electron chi connectivity index (χ0n) is 14.8. The monoisotopic (exact) mass is 462 g/mol. The molecule has 2 aromatic rings. The fraction of sp³-hybridized carbons (Fsp3) is 0.238. The van der Waals surface area contributed by atoms with Crippen LogP contribution in [0.5, 0.6) is 0 Å². The summed E-state index contributed by atoms with van der Waals surface area (Å²) >= 11 is -1.71. The minimum absolute atomic E-state index is 0. The van der Waals surface area contributed by atoms with E-state index in [-0.39, 0.29) is 30.2 Å². The van der Waals surface area contributed by atoms with Crippen LogP contribution in [0.25, 0.3) is 11.1 Å². The third kappa shape index (κ3) is 3.56. The summed E-state index contributed by atoms with van der Waals surface area (Å²) in [5.41, 5.74) is 7.52. The second kappa shape index (κ2) is 8.53. The molecule has 0 heterocycles. The van der Waals surface area contributed by atoms with E-state index in [2.05, 4.69) is 80.7 Å². The molecule has 2 aliphatic rings. The number of rotatable bonds is 2. The quantitative estimate of drug-likeness (QED) is 0.540. The Morgan fingerprint density at radius 3 is 2.36 bits per heavy atom. The molecule has 0 fully saturated rings. The first-order valence-electron chi connectivity index (χ1n) is 8.40. The van der Waals surface area contributed by atoms with Crippen LogP contribution < -0.4 is 24.8 Å². The van der Waals surface area contributed by atoms with Gasteiger partial charge in [-0.15, -0.1) is 0 Å². The van der Waals surface area contributed by atoms with Crippen LogP contribution in [0.4, 0.5) is 0 Å². The number of benzene rings is 2. The number of allylic oxidation sites excluding steroid dienone is 4. The fourth-order valence-electron chi connectivity index (χ4n) is 4.20. The van der Waals surface area contributed by atoms with Crippen LogP contribution in [0.3, 0.4) is 0 Å². The van der Waals surface area contributed by atoms with Crippen molar-refractivity contribution in [1.82, 2.24) is 0 Å². The van der Waals surface area contributed by atoms with Gasteiger partial charge in [0.1, 0.15) is 0 Å². The Morgan fingerprint density at radius 1 is 0.960 bits per heavy atom. The normalized spacial score (nSPS) is 15.9. The summed E-state index contributed by atoms with van der Waals surface area (Å²) in [5.74, 6) is 0. The molecule has 0 amide bonds. The van der Waals surface area contributed by atoms with E-state index in [1.807, 2.05) is 3.28 Å². The second-order valence-electron chi connectivity index (χ2n) is 6.80. The zero-order chi connectivity index (χ0) is 16.0. The molecule has 0 spiro atoms. The number of aryl methyl sites for hydroxylation is 1. The second-order valence-corrected chi connectivity index (χ2v) is 24.4. The molecule has 1 atom stereocenters. The maximum absolute atomic E-state index is 2.56. The van der Waals surface area contributed by atoms with Crippen molar-refractivity contribution in [3.8, 4) is 11.1 Å². The first-order valence-corrected chi connectivity index (χ1v) is 17.2.